The van der Waals surface area contributed by atoms with Gasteiger partial charge in [0, 0.05) is 11.6 Å². The minimum Gasteiger partial charge on any atom is -0.496 e. The number of furan rings is 1. The molecule has 0 saturated heterocycles. The number of hydrogen-bond donors (Lipinski definition) is 2. The lowest BCUT2D eigenvalue weighted by molar-refractivity contribution is -0.117. The zero-order chi connectivity index (χ0) is 15.1. The molecule has 1 atom stereocenters. The summed E-state index contributed by atoms with van der Waals surface area (Å²) >= 11 is 0. The van der Waals surface area contributed by atoms with Gasteiger partial charge in [-0.15, -0.1) is 0 Å². The maximum Gasteiger partial charge on any atom is 0.244 e. The quantitative estimate of drug-likeness (QED) is 0.799. The molecule has 0 aliphatic rings. The summed E-state index contributed by atoms with van der Waals surface area (Å²) < 4.78 is 10.4. The van der Waals surface area contributed by atoms with Crippen LogP contribution in [0.1, 0.15) is 17.4 Å². The standard InChI is InChI=1S/C16H17NO4/c1-20-14-6-3-2-5-12(14)8-9-16(19)17-13(11-18)15-7-4-10-21-15/h2-10,13,18H,11H2,1H3,(H,17,19)/b9-8+. The van der Waals surface area contributed by atoms with E-state index in [0.29, 0.717) is 11.5 Å². The first-order chi connectivity index (χ1) is 10.2. The van der Waals surface area contributed by atoms with E-state index in [2.05, 4.69) is 5.32 Å². The second-order valence-corrected chi connectivity index (χ2v) is 4.33. The summed E-state index contributed by atoms with van der Waals surface area (Å²) in [4.78, 5) is 11.9. The fourth-order valence-electron chi connectivity index (χ4n) is 1.89. The Hall–Kier alpha value is -2.53. The molecule has 1 aromatic heterocycles. The van der Waals surface area contributed by atoms with Gasteiger partial charge in [-0.25, -0.2) is 0 Å². The van der Waals surface area contributed by atoms with Crippen molar-refractivity contribution in [2.75, 3.05) is 13.7 Å². The molecule has 2 aromatic rings. The molecule has 2 rings (SSSR count). The Labute approximate surface area is 122 Å². The highest BCUT2D eigenvalue weighted by Crippen LogP contribution is 2.18. The van der Waals surface area contributed by atoms with Crippen molar-refractivity contribution < 1.29 is 19.1 Å². The molecule has 1 unspecified atom stereocenters. The average molecular weight is 287 g/mol. The van der Waals surface area contributed by atoms with Gasteiger partial charge in [0.1, 0.15) is 17.6 Å². The summed E-state index contributed by atoms with van der Waals surface area (Å²) in [6, 6.07) is 10.2. The first-order valence-corrected chi connectivity index (χ1v) is 6.50. The monoisotopic (exact) mass is 287 g/mol. The number of para-hydroxylation sites is 1. The Kier molecular flexibility index (Phi) is 5.17. The van der Waals surface area contributed by atoms with Gasteiger partial charge in [-0.2, -0.15) is 0 Å². The van der Waals surface area contributed by atoms with E-state index < -0.39 is 6.04 Å². The van der Waals surface area contributed by atoms with Crippen LogP contribution in [0, 0.1) is 0 Å². The van der Waals surface area contributed by atoms with Crippen LogP contribution >= 0.6 is 0 Å². The normalized spacial score (nSPS) is 12.3. The molecule has 1 heterocycles. The number of aliphatic hydroxyl groups excluding tert-OH is 1. The molecule has 1 aromatic carbocycles. The summed E-state index contributed by atoms with van der Waals surface area (Å²) in [5.74, 6) is 0.874. The summed E-state index contributed by atoms with van der Waals surface area (Å²) in [5.41, 5.74) is 0.800. The molecule has 0 spiro atoms. The van der Waals surface area contributed by atoms with Crippen molar-refractivity contribution in [1.82, 2.24) is 5.32 Å². The molecule has 0 bridgehead atoms. The number of ether oxygens (including phenoxy) is 1. The smallest absolute Gasteiger partial charge is 0.244 e. The molecule has 5 heteroatoms. The third kappa shape index (κ3) is 3.97. The van der Waals surface area contributed by atoms with Gasteiger partial charge in [-0.3, -0.25) is 4.79 Å². The van der Waals surface area contributed by atoms with Crippen molar-refractivity contribution in [3.63, 3.8) is 0 Å². The molecule has 110 valence electrons. The molecule has 0 radical (unpaired) electrons. The zero-order valence-corrected chi connectivity index (χ0v) is 11.7. The number of carbonyl (C=O) groups is 1. The predicted octanol–water partition coefficient (Wildman–Crippen LogP) is 2.15. The number of hydrogen-bond acceptors (Lipinski definition) is 4. The van der Waals surface area contributed by atoms with E-state index in [1.807, 2.05) is 24.3 Å². The SMILES string of the molecule is COc1ccccc1/C=C/C(=O)NC(CO)c1ccco1. The van der Waals surface area contributed by atoms with Crippen LogP contribution in [0.2, 0.25) is 0 Å². The van der Waals surface area contributed by atoms with Crippen LogP contribution in [0.4, 0.5) is 0 Å². The minimum atomic E-state index is -0.560. The van der Waals surface area contributed by atoms with E-state index >= 15 is 0 Å². The molecule has 0 saturated carbocycles. The lowest BCUT2D eigenvalue weighted by Gasteiger charge is -2.12. The lowest BCUT2D eigenvalue weighted by atomic mass is 10.2. The maximum absolute atomic E-state index is 11.9. The summed E-state index contributed by atoms with van der Waals surface area (Å²) in [6.07, 6.45) is 4.54. The number of methoxy groups -OCH3 is 1. The van der Waals surface area contributed by atoms with E-state index in [4.69, 9.17) is 9.15 Å². The first kappa shape index (κ1) is 14.9. The van der Waals surface area contributed by atoms with Crippen molar-refractivity contribution >= 4 is 12.0 Å². The second-order valence-electron chi connectivity index (χ2n) is 4.33. The molecule has 2 N–H and O–H groups in total. The minimum absolute atomic E-state index is 0.234. The zero-order valence-electron chi connectivity index (χ0n) is 11.7. The van der Waals surface area contributed by atoms with Crippen molar-refractivity contribution in [1.29, 1.82) is 0 Å². The Balaban J connectivity index is 2.02. The number of carbonyl (C=O) groups excluding carboxylic acids is 1. The summed E-state index contributed by atoms with van der Waals surface area (Å²) in [6.45, 7) is -0.234. The Morgan fingerprint density at radius 2 is 2.19 bits per heavy atom. The first-order valence-electron chi connectivity index (χ1n) is 6.50. The number of amides is 1. The maximum atomic E-state index is 11.9. The highest BCUT2D eigenvalue weighted by molar-refractivity contribution is 5.92. The fourth-order valence-corrected chi connectivity index (χ4v) is 1.89. The van der Waals surface area contributed by atoms with Crippen molar-refractivity contribution in [3.8, 4) is 5.75 Å². The summed E-state index contributed by atoms with van der Waals surface area (Å²) in [5, 5.41) is 12.0. The van der Waals surface area contributed by atoms with Crippen LogP contribution in [-0.2, 0) is 4.79 Å². The average Bonchev–Trinajstić information content (AvgIpc) is 3.05. The van der Waals surface area contributed by atoms with Gasteiger partial charge in [-0.1, -0.05) is 18.2 Å². The number of benzene rings is 1. The summed E-state index contributed by atoms with van der Waals surface area (Å²) in [7, 11) is 1.57. The Bertz CT molecular complexity index is 604. The molecular weight excluding hydrogens is 270 g/mol. The second kappa shape index (κ2) is 7.31. The van der Waals surface area contributed by atoms with Gasteiger partial charge in [0.25, 0.3) is 0 Å². The number of nitrogens with one attached hydrogen (secondary N) is 1. The van der Waals surface area contributed by atoms with Crippen LogP contribution in [0.15, 0.2) is 53.2 Å². The van der Waals surface area contributed by atoms with Gasteiger partial charge in [0.05, 0.1) is 20.0 Å². The van der Waals surface area contributed by atoms with E-state index in [0.717, 1.165) is 5.56 Å². The Morgan fingerprint density at radius 3 is 2.86 bits per heavy atom. The Morgan fingerprint density at radius 1 is 1.38 bits per heavy atom. The van der Waals surface area contributed by atoms with E-state index in [-0.39, 0.29) is 12.5 Å². The van der Waals surface area contributed by atoms with Crippen LogP contribution < -0.4 is 10.1 Å². The van der Waals surface area contributed by atoms with Crippen LogP contribution in [0.5, 0.6) is 5.75 Å². The fraction of sp³-hybridized carbons (Fsp3) is 0.188. The molecule has 5 nitrogen and oxygen atoms in total. The molecule has 0 fully saturated rings. The van der Waals surface area contributed by atoms with Gasteiger partial charge >= 0.3 is 0 Å². The largest absolute Gasteiger partial charge is 0.496 e. The highest BCUT2D eigenvalue weighted by atomic mass is 16.5. The molecule has 0 aliphatic carbocycles. The molecular formula is C16H17NO4. The van der Waals surface area contributed by atoms with Crippen molar-refractivity contribution in [2.24, 2.45) is 0 Å². The number of aliphatic hydroxyl groups is 1. The van der Waals surface area contributed by atoms with Crippen LogP contribution in [0.25, 0.3) is 6.08 Å². The molecule has 21 heavy (non-hydrogen) atoms. The highest BCUT2D eigenvalue weighted by Gasteiger charge is 2.14. The topological polar surface area (TPSA) is 71.7 Å². The van der Waals surface area contributed by atoms with Crippen LogP contribution in [0.3, 0.4) is 0 Å². The van der Waals surface area contributed by atoms with Gasteiger partial charge in [0.2, 0.25) is 5.91 Å². The van der Waals surface area contributed by atoms with E-state index in [1.165, 1.54) is 12.3 Å². The molecule has 1 amide bonds. The van der Waals surface area contributed by atoms with Crippen molar-refractivity contribution in [3.05, 3.63) is 60.1 Å². The van der Waals surface area contributed by atoms with Crippen LogP contribution in [-0.4, -0.2) is 24.7 Å². The number of rotatable bonds is 6. The van der Waals surface area contributed by atoms with Gasteiger partial charge in [0.15, 0.2) is 0 Å². The van der Waals surface area contributed by atoms with Crippen molar-refractivity contribution in [2.45, 2.75) is 6.04 Å². The third-order valence-corrected chi connectivity index (χ3v) is 2.94. The predicted molar refractivity (Wildman–Crippen MR) is 78.7 cm³/mol. The van der Waals surface area contributed by atoms with Gasteiger partial charge < -0.3 is 19.6 Å². The lowest BCUT2D eigenvalue weighted by Crippen LogP contribution is -2.28. The van der Waals surface area contributed by atoms with E-state index in [1.54, 1.807) is 25.3 Å². The van der Waals surface area contributed by atoms with E-state index in [9.17, 15) is 9.90 Å². The third-order valence-electron chi connectivity index (χ3n) is 2.94. The molecule has 0 aliphatic heterocycles. The van der Waals surface area contributed by atoms with Gasteiger partial charge in [-0.05, 0) is 24.3 Å².